The molecule has 0 radical (unpaired) electrons. The Labute approximate surface area is 123 Å². The first-order chi connectivity index (χ1) is 9.87. The second-order valence-corrected chi connectivity index (χ2v) is 5.55. The molecule has 0 saturated heterocycles. The molecule has 0 fully saturated rings. The minimum atomic E-state index is -0.943. The number of carbonyl (C=O) groups is 2. The van der Waals surface area contributed by atoms with Crippen LogP contribution in [0.5, 0.6) is 0 Å². The van der Waals surface area contributed by atoms with Crippen LogP contribution in [-0.4, -0.2) is 27.1 Å². The molecule has 0 unspecified atom stereocenters. The minimum absolute atomic E-state index is 0.129. The van der Waals surface area contributed by atoms with E-state index in [0.29, 0.717) is 5.56 Å². The summed E-state index contributed by atoms with van der Waals surface area (Å²) in [6, 6.07) is 11.0. The fourth-order valence-electron chi connectivity index (χ4n) is 2.12. The number of nitrogens with one attached hydrogen (secondary N) is 1. The first-order valence-electron chi connectivity index (χ1n) is 6.65. The summed E-state index contributed by atoms with van der Waals surface area (Å²) >= 11 is 0. The van der Waals surface area contributed by atoms with Gasteiger partial charge in [0.1, 0.15) is 0 Å². The summed E-state index contributed by atoms with van der Waals surface area (Å²) in [5.74, 6) is -1.23. The summed E-state index contributed by atoms with van der Waals surface area (Å²) < 4.78 is 1.90. The zero-order chi connectivity index (χ0) is 15.5. The van der Waals surface area contributed by atoms with Gasteiger partial charge in [0.15, 0.2) is 0 Å². The lowest BCUT2D eigenvalue weighted by molar-refractivity contribution is -0.138. The molecule has 2 aromatic rings. The van der Waals surface area contributed by atoms with Gasteiger partial charge in [0.2, 0.25) is 0 Å². The van der Waals surface area contributed by atoms with E-state index in [1.807, 2.05) is 35.2 Å². The van der Waals surface area contributed by atoms with Crippen molar-refractivity contribution in [1.82, 2.24) is 9.88 Å². The number of hydrogen-bond acceptors (Lipinski definition) is 2. The lowest BCUT2D eigenvalue weighted by Crippen LogP contribution is -2.44. The Balaban J connectivity index is 2.17. The van der Waals surface area contributed by atoms with Gasteiger partial charge in [-0.15, -0.1) is 0 Å². The van der Waals surface area contributed by atoms with Gasteiger partial charge >= 0.3 is 5.97 Å². The van der Waals surface area contributed by atoms with Gasteiger partial charge in [0.25, 0.3) is 5.91 Å². The number of aromatic nitrogens is 1. The highest BCUT2D eigenvalue weighted by atomic mass is 16.4. The Morgan fingerprint density at radius 1 is 1.19 bits per heavy atom. The first-order valence-corrected chi connectivity index (χ1v) is 6.65. The number of aliphatic carboxylic acids is 1. The molecule has 21 heavy (non-hydrogen) atoms. The standard InChI is InChI=1S/C16H18N2O3/c1-16(2,11-14(19)20)17-15(21)12-6-5-7-13(10-12)18-8-3-4-9-18/h3-10H,11H2,1-2H3,(H,17,21)(H,19,20). The Hall–Kier alpha value is -2.56. The van der Waals surface area contributed by atoms with Crippen molar-refractivity contribution in [3.63, 3.8) is 0 Å². The average Bonchev–Trinajstić information content (AvgIpc) is 2.90. The maximum Gasteiger partial charge on any atom is 0.305 e. The summed E-state index contributed by atoms with van der Waals surface area (Å²) in [5.41, 5.74) is 0.579. The third kappa shape index (κ3) is 3.95. The summed E-state index contributed by atoms with van der Waals surface area (Å²) in [6.45, 7) is 3.38. The van der Waals surface area contributed by atoms with E-state index in [0.717, 1.165) is 5.69 Å². The predicted octanol–water partition coefficient (Wildman–Crippen LogP) is 2.46. The van der Waals surface area contributed by atoms with E-state index in [2.05, 4.69) is 5.32 Å². The van der Waals surface area contributed by atoms with Gasteiger partial charge in [-0.2, -0.15) is 0 Å². The number of carboxylic acids is 1. The van der Waals surface area contributed by atoms with Crippen LogP contribution in [0.2, 0.25) is 0 Å². The van der Waals surface area contributed by atoms with Crippen LogP contribution in [0, 0.1) is 0 Å². The second kappa shape index (κ2) is 5.83. The SMILES string of the molecule is CC(C)(CC(=O)O)NC(=O)c1cccc(-n2cccc2)c1. The second-order valence-electron chi connectivity index (χ2n) is 5.55. The molecule has 2 N–H and O–H groups in total. The maximum atomic E-state index is 12.3. The Bertz CT molecular complexity index is 645. The Morgan fingerprint density at radius 3 is 2.48 bits per heavy atom. The van der Waals surface area contributed by atoms with Crippen LogP contribution >= 0.6 is 0 Å². The lowest BCUT2D eigenvalue weighted by atomic mass is 10.00. The number of amides is 1. The molecule has 1 heterocycles. The number of carbonyl (C=O) groups excluding carboxylic acids is 1. The quantitative estimate of drug-likeness (QED) is 0.887. The molecule has 0 aliphatic heterocycles. The highest BCUT2D eigenvalue weighted by Crippen LogP contribution is 2.14. The minimum Gasteiger partial charge on any atom is -0.481 e. The largest absolute Gasteiger partial charge is 0.481 e. The summed E-state index contributed by atoms with van der Waals surface area (Å²) in [5, 5.41) is 11.6. The molecule has 1 amide bonds. The van der Waals surface area contributed by atoms with E-state index in [1.165, 1.54) is 0 Å². The van der Waals surface area contributed by atoms with Crippen LogP contribution < -0.4 is 5.32 Å². The molecular weight excluding hydrogens is 268 g/mol. The van der Waals surface area contributed by atoms with Crippen molar-refractivity contribution in [2.24, 2.45) is 0 Å². The van der Waals surface area contributed by atoms with Crippen LogP contribution in [0.3, 0.4) is 0 Å². The number of nitrogens with zero attached hydrogens (tertiary/aromatic N) is 1. The topological polar surface area (TPSA) is 71.3 Å². The molecule has 1 aromatic carbocycles. The summed E-state index contributed by atoms with van der Waals surface area (Å²) in [7, 11) is 0. The molecular formula is C16H18N2O3. The van der Waals surface area contributed by atoms with Crippen LogP contribution in [0.4, 0.5) is 0 Å². The highest BCUT2D eigenvalue weighted by molar-refractivity contribution is 5.95. The van der Waals surface area contributed by atoms with Gasteiger partial charge in [0.05, 0.1) is 6.42 Å². The van der Waals surface area contributed by atoms with Crippen molar-refractivity contribution in [1.29, 1.82) is 0 Å². The third-order valence-electron chi connectivity index (χ3n) is 3.06. The van der Waals surface area contributed by atoms with E-state index in [9.17, 15) is 9.59 Å². The number of carboxylic acid groups (broad SMARTS) is 1. The third-order valence-corrected chi connectivity index (χ3v) is 3.06. The molecule has 5 nitrogen and oxygen atoms in total. The van der Waals surface area contributed by atoms with E-state index in [4.69, 9.17) is 5.11 Å². The predicted molar refractivity (Wildman–Crippen MR) is 79.6 cm³/mol. The fourth-order valence-corrected chi connectivity index (χ4v) is 2.12. The van der Waals surface area contributed by atoms with Crippen LogP contribution in [0.25, 0.3) is 5.69 Å². The summed E-state index contributed by atoms with van der Waals surface area (Å²) in [4.78, 5) is 23.0. The van der Waals surface area contributed by atoms with Gasteiger partial charge in [0, 0.05) is 29.2 Å². The monoisotopic (exact) mass is 286 g/mol. The van der Waals surface area contributed by atoms with Crippen molar-refractivity contribution < 1.29 is 14.7 Å². The smallest absolute Gasteiger partial charge is 0.305 e. The zero-order valence-corrected chi connectivity index (χ0v) is 12.0. The molecule has 110 valence electrons. The fraction of sp³-hybridized carbons (Fsp3) is 0.250. The molecule has 5 heteroatoms. The Morgan fingerprint density at radius 2 is 1.86 bits per heavy atom. The van der Waals surface area contributed by atoms with Gasteiger partial charge in [-0.25, -0.2) is 0 Å². The van der Waals surface area contributed by atoms with Gasteiger partial charge in [-0.3, -0.25) is 9.59 Å². The molecule has 0 atom stereocenters. The van der Waals surface area contributed by atoms with Gasteiger partial charge in [-0.05, 0) is 44.2 Å². The van der Waals surface area contributed by atoms with Gasteiger partial charge in [-0.1, -0.05) is 6.07 Å². The Kier molecular flexibility index (Phi) is 4.12. The molecule has 1 aromatic heterocycles. The molecule has 0 spiro atoms. The van der Waals surface area contributed by atoms with E-state index >= 15 is 0 Å². The van der Waals surface area contributed by atoms with Crippen LogP contribution in [0.1, 0.15) is 30.6 Å². The number of hydrogen-bond donors (Lipinski definition) is 2. The highest BCUT2D eigenvalue weighted by Gasteiger charge is 2.24. The van der Waals surface area contributed by atoms with Crippen LogP contribution in [-0.2, 0) is 4.79 Å². The molecule has 0 aliphatic carbocycles. The molecule has 0 saturated carbocycles. The normalized spacial score (nSPS) is 11.1. The first kappa shape index (κ1) is 14.8. The average molecular weight is 286 g/mol. The van der Waals surface area contributed by atoms with Crippen molar-refractivity contribution >= 4 is 11.9 Å². The zero-order valence-electron chi connectivity index (χ0n) is 12.0. The number of rotatable bonds is 5. The number of benzene rings is 1. The lowest BCUT2D eigenvalue weighted by Gasteiger charge is -2.24. The molecule has 0 bridgehead atoms. The molecule has 0 aliphatic rings. The maximum absolute atomic E-state index is 12.3. The van der Waals surface area contributed by atoms with E-state index in [1.54, 1.807) is 32.0 Å². The van der Waals surface area contributed by atoms with Gasteiger partial charge < -0.3 is 15.0 Å². The van der Waals surface area contributed by atoms with E-state index < -0.39 is 11.5 Å². The van der Waals surface area contributed by atoms with Crippen LogP contribution in [0.15, 0.2) is 48.8 Å². The summed E-state index contributed by atoms with van der Waals surface area (Å²) in [6.07, 6.45) is 3.66. The van der Waals surface area contributed by atoms with Crippen molar-refractivity contribution in [3.05, 3.63) is 54.4 Å². The van der Waals surface area contributed by atoms with Crippen molar-refractivity contribution in [3.8, 4) is 5.69 Å². The van der Waals surface area contributed by atoms with Crippen molar-refractivity contribution in [2.75, 3.05) is 0 Å². The van der Waals surface area contributed by atoms with E-state index in [-0.39, 0.29) is 12.3 Å². The van der Waals surface area contributed by atoms with Crippen molar-refractivity contribution in [2.45, 2.75) is 25.8 Å². The molecule has 2 rings (SSSR count).